The van der Waals surface area contributed by atoms with Crippen LogP contribution in [0.15, 0.2) is 18.6 Å². The average molecular weight is 438 g/mol. The SMILES string of the molecule is Cn1cc(Nc2ncc(Cl)c(N3C[C@H]4CN(C(=O)[C@@H]5CC5(F)F)C[C@@]4(C)C3)n2)cn1. The Kier molecular flexibility index (Phi) is 4.22. The molecule has 1 N–H and O–H groups in total. The summed E-state index contributed by atoms with van der Waals surface area (Å²) in [7, 11) is 1.82. The first-order valence-corrected chi connectivity index (χ1v) is 10.2. The molecule has 2 aromatic heterocycles. The maximum Gasteiger partial charge on any atom is 0.260 e. The van der Waals surface area contributed by atoms with Crippen molar-refractivity contribution in [1.82, 2.24) is 24.6 Å². The summed E-state index contributed by atoms with van der Waals surface area (Å²) in [6, 6.07) is 0. The number of carbonyl (C=O) groups excluding carboxylic acids is 1. The molecule has 1 saturated carbocycles. The maximum absolute atomic E-state index is 13.3. The molecule has 1 aliphatic carbocycles. The molecule has 2 aliphatic heterocycles. The van der Waals surface area contributed by atoms with E-state index in [0.717, 1.165) is 5.69 Å². The lowest BCUT2D eigenvalue weighted by Crippen LogP contribution is -2.37. The Hall–Kier alpha value is -2.49. The van der Waals surface area contributed by atoms with Crippen LogP contribution >= 0.6 is 11.6 Å². The number of nitrogens with zero attached hydrogens (tertiary/aromatic N) is 6. The number of hydrogen-bond acceptors (Lipinski definition) is 6. The fourth-order valence-corrected chi connectivity index (χ4v) is 4.84. The van der Waals surface area contributed by atoms with E-state index in [1.807, 2.05) is 13.2 Å². The Morgan fingerprint density at radius 2 is 2.07 bits per heavy atom. The number of carbonyl (C=O) groups is 1. The standard InChI is InChI=1S/C19H22ClF2N7O/c1-18-9-28(6-11(18)7-29(10-18)16(30)13-3-19(13,21)22)15-14(20)5-23-17(26-15)25-12-4-24-27(2)8-12/h4-5,8,11,13H,3,6-7,9-10H2,1-2H3,(H,23,25,26)/t11-,13-,18+/m0/s1. The minimum Gasteiger partial charge on any atom is -0.354 e. The zero-order chi connectivity index (χ0) is 21.3. The van der Waals surface area contributed by atoms with Crippen LogP contribution in [-0.4, -0.2) is 62.7 Å². The van der Waals surface area contributed by atoms with E-state index in [4.69, 9.17) is 11.6 Å². The molecule has 8 nitrogen and oxygen atoms in total. The number of amides is 1. The van der Waals surface area contributed by atoms with E-state index in [-0.39, 0.29) is 17.8 Å². The fourth-order valence-electron chi connectivity index (χ4n) is 4.63. The molecule has 2 saturated heterocycles. The molecule has 2 aromatic rings. The van der Waals surface area contributed by atoms with Crippen molar-refractivity contribution < 1.29 is 13.6 Å². The number of aromatic nitrogens is 4. The molecule has 0 radical (unpaired) electrons. The Morgan fingerprint density at radius 3 is 2.70 bits per heavy atom. The number of rotatable bonds is 4. The summed E-state index contributed by atoms with van der Waals surface area (Å²) in [6.07, 6.45) is 4.73. The highest BCUT2D eigenvalue weighted by Crippen LogP contribution is 2.52. The summed E-state index contributed by atoms with van der Waals surface area (Å²) < 4.78 is 28.3. The molecule has 0 spiro atoms. The molecule has 3 atom stereocenters. The highest BCUT2D eigenvalue weighted by atomic mass is 35.5. The first kappa shape index (κ1) is 19.5. The van der Waals surface area contributed by atoms with Crippen LogP contribution in [0.5, 0.6) is 0 Å². The normalized spacial score (nSPS) is 29.2. The Balaban J connectivity index is 1.30. The van der Waals surface area contributed by atoms with Gasteiger partial charge in [-0.2, -0.15) is 10.1 Å². The molecule has 5 rings (SSSR count). The van der Waals surface area contributed by atoms with E-state index < -0.39 is 17.7 Å². The Labute approximate surface area is 177 Å². The summed E-state index contributed by atoms with van der Waals surface area (Å²) >= 11 is 6.39. The molecule has 11 heteroatoms. The molecule has 160 valence electrons. The van der Waals surface area contributed by atoms with Crippen LogP contribution in [0.25, 0.3) is 0 Å². The zero-order valence-electron chi connectivity index (χ0n) is 16.6. The third-order valence-corrected chi connectivity index (χ3v) is 6.66. The Morgan fingerprint density at radius 1 is 1.30 bits per heavy atom. The first-order valence-electron chi connectivity index (χ1n) is 9.84. The number of alkyl halides is 2. The predicted octanol–water partition coefficient (Wildman–Crippen LogP) is 2.55. The van der Waals surface area contributed by atoms with Gasteiger partial charge in [0.15, 0.2) is 5.82 Å². The van der Waals surface area contributed by atoms with Crippen LogP contribution in [0.2, 0.25) is 5.02 Å². The highest BCUT2D eigenvalue weighted by Gasteiger charge is 2.64. The van der Waals surface area contributed by atoms with Gasteiger partial charge >= 0.3 is 0 Å². The van der Waals surface area contributed by atoms with Crippen molar-refractivity contribution in [3.63, 3.8) is 0 Å². The van der Waals surface area contributed by atoms with Gasteiger partial charge in [-0.15, -0.1) is 0 Å². The minimum absolute atomic E-state index is 0.176. The van der Waals surface area contributed by atoms with E-state index in [2.05, 4.69) is 32.2 Å². The predicted molar refractivity (Wildman–Crippen MR) is 107 cm³/mol. The lowest BCUT2D eigenvalue weighted by atomic mass is 9.83. The fraction of sp³-hybridized carbons (Fsp3) is 0.579. The van der Waals surface area contributed by atoms with Crippen LogP contribution in [0.4, 0.5) is 26.2 Å². The Bertz CT molecular complexity index is 1010. The van der Waals surface area contributed by atoms with Gasteiger partial charge in [0.25, 0.3) is 5.92 Å². The second kappa shape index (κ2) is 6.50. The van der Waals surface area contributed by atoms with Crippen molar-refractivity contribution in [2.45, 2.75) is 19.3 Å². The molecule has 3 fully saturated rings. The third kappa shape index (κ3) is 3.27. The minimum atomic E-state index is -2.83. The lowest BCUT2D eigenvalue weighted by molar-refractivity contribution is -0.134. The lowest BCUT2D eigenvalue weighted by Gasteiger charge is -2.26. The topological polar surface area (TPSA) is 79.2 Å². The number of aryl methyl sites for hydroxylation is 1. The third-order valence-electron chi connectivity index (χ3n) is 6.39. The summed E-state index contributed by atoms with van der Waals surface area (Å²) in [4.78, 5) is 24.9. The number of hydrogen-bond donors (Lipinski definition) is 1. The van der Waals surface area contributed by atoms with Crippen LogP contribution in [0.1, 0.15) is 13.3 Å². The zero-order valence-corrected chi connectivity index (χ0v) is 17.4. The van der Waals surface area contributed by atoms with Gasteiger partial charge in [-0.05, 0) is 0 Å². The van der Waals surface area contributed by atoms with Crippen LogP contribution in [-0.2, 0) is 11.8 Å². The number of likely N-dealkylation sites (tertiary alicyclic amines) is 1. The first-order chi connectivity index (χ1) is 14.1. The van der Waals surface area contributed by atoms with E-state index in [9.17, 15) is 13.6 Å². The summed E-state index contributed by atoms with van der Waals surface area (Å²) in [6.45, 7) is 4.36. The quantitative estimate of drug-likeness (QED) is 0.792. The van der Waals surface area contributed by atoms with Gasteiger partial charge in [0.1, 0.15) is 10.9 Å². The van der Waals surface area contributed by atoms with E-state index >= 15 is 0 Å². The largest absolute Gasteiger partial charge is 0.354 e. The summed E-state index contributed by atoms with van der Waals surface area (Å²) in [5.74, 6) is -3.15. The summed E-state index contributed by atoms with van der Waals surface area (Å²) in [5.41, 5.74) is 0.576. The van der Waals surface area contributed by atoms with Crippen molar-refractivity contribution in [2.24, 2.45) is 24.3 Å². The van der Waals surface area contributed by atoms with Crippen molar-refractivity contribution in [3.05, 3.63) is 23.6 Å². The van der Waals surface area contributed by atoms with Crippen LogP contribution in [0, 0.1) is 17.3 Å². The molecule has 1 amide bonds. The van der Waals surface area contributed by atoms with Crippen molar-refractivity contribution in [3.8, 4) is 0 Å². The maximum atomic E-state index is 13.3. The van der Waals surface area contributed by atoms with Gasteiger partial charge in [0, 0.05) is 57.2 Å². The monoisotopic (exact) mass is 437 g/mol. The van der Waals surface area contributed by atoms with E-state index in [0.29, 0.717) is 43.0 Å². The molecule has 0 aromatic carbocycles. The van der Waals surface area contributed by atoms with E-state index in [1.54, 1.807) is 22.0 Å². The van der Waals surface area contributed by atoms with Crippen LogP contribution in [0.3, 0.4) is 0 Å². The van der Waals surface area contributed by atoms with E-state index in [1.165, 1.54) is 0 Å². The molecular weight excluding hydrogens is 416 g/mol. The molecular formula is C19H22ClF2N7O. The molecule has 30 heavy (non-hydrogen) atoms. The molecule has 3 aliphatic rings. The smallest absolute Gasteiger partial charge is 0.260 e. The number of fused-ring (bicyclic) bond motifs is 1. The van der Waals surface area contributed by atoms with Gasteiger partial charge in [-0.3, -0.25) is 9.48 Å². The van der Waals surface area contributed by atoms with Gasteiger partial charge < -0.3 is 15.1 Å². The number of anilines is 3. The van der Waals surface area contributed by atoms with Crippen molar-refractivity contribution in [2.75, 3.05) is 36.4 Å². The van der Waals surface area contributed by atoms with Gasteiger partial charge in [-0.1, -0.05) is 18.5 Å². The molecule has 0 bridgehead atoms. The van der Waals surface area contributed by atoms with Gasteiger partial charge in [0.2, 0.25) is 11.9 Å². The average Bonchev–Trinajstić information content (AvgIpc) is 2.97. The summed E-state index contributed by atoms with van der Waals surface area (Å²) in [5, 5.41) is 7.66. The van der Waals surface area contributed by atoms with Gasteiger partial charge in [0.05, 0.1) is 18.1 Å². The highest BCUT2D eigenvalue weighted by molar-refractivity contribution is 6.32. The molecule has 4 heterocycles. The van der Waals surface area contributed by atoms with Crippen molar-refractivity contribution in [1.29, 1.82) is 0 Å². The number of nitrogens with one attached hydrogen (secondary N) is 1. The second-order valence-corrected chi connectivity index (χ2v) is 9.27. The van der Waals surface area contributed by atoms with Crippen LogP contribution < -0.4 is 10.2 Å². The number of halogens is 3. The van der Waals surface area contributed by atoms with Gasteiger partial charge in [-0.25, -0.2) is 13.8 Å². The van der Waals surface area contributed by atoms with Crippen molar-refractivity contribution >= 4 is 35.0 Å². The second-order valence-electron chi connectivity index (χ2n) is 8.86. The molecule has 0 unspecified atom stereocenters.